The number of ether oxygens (including phenoxy) is 3. The molecule has 0 radical (unpaired) electrons. The molecular formula is C19H22N2O6S. The van der Waals surface area contributed by atoms with E-state index in [-0.39, 0.29) is 22.1 Å². The summed E-state index contributed by atoms with van der Waals surface area (Å²) in [6.07, 6.45) is 1.30. The van der Waals surface area contributed by atoms with Crippen LogP contribution in [0.2, 0.25) is 0 Å². The molecule has 0 aliphatic heterocycles. The van der Waals surface area contributed by atoms with Crippen molar-refractivity contribution < 1.29 is 27.4 Å². The summed E-state index contributed by atoms with van der Waals surface area (Å²) in [5.41, 5.74) is 1.92. The summed E-state index contributed by atoms with van der Waals surface area (Å²) < 4.78 is 40.5. The molecule has 2 aromatic rings. The third-order valence-electron chi connectivity index (χ3n) is 3.75. The van der Waals surface area contributed by atoms with Gasteiger partial charge >= 0.3 is 5.97 Å². The Morgan fingerprint density at radius 3 is 2.21 bits per heavy atom. The van der Waals surface area contributed by atoms with Crippen molar-refractivity contribution in [2.75, 3.05) is 14.2 Å². The van der Waals surface area contributed by atoms with Crippen LogP contribution in [-0.4, -0.2) is 34.8 Å². The Hall–Kier alpha value is -3.07. The fourth-order valence-electron chi connectivity index (χ4n) is 2.44. The summed E-state index contributed by atoms with van der Waals surface area (Å²) in [6.45, 7) is 4.78. The molecule has 0 aliphatic rings. The lowest BCUT2D eigenvalue weighted by Gasteiger charge is -2.13. The second-order valence-electron chi connectivity index (χ2n) is 5.97. The van der Waals surface area contributed by atoms with Crippen molar-refractivity contribution in [2.45, 2.75) is 25.7 Å². The highest BCUT2D eigenvalue weighted by molar-refractivity contribution is 7.89. The van der Waals surface area contributed by atoms with Gasteiger partial charge in [-0.3, -0.25) is 4.79 Å². The summed E-state index contributed by atoms with van der Waals surface area (Å²) in [7, 11) is -1.00. The van der Waals surface area contributed by atoms with Gasteiger partial charge in [-0.05, 0) is 43.2 Å². The maximum absolute atomic E-state index is 12.5. The maximum atomic E-state index is 12.5. The number of carbonyl (C=O) groups is 1. The van der Waals surface area contributed by atoms with Crippen LogP contribution in [0.1, 0.15) is 23.6 Å². The topological polar surface area (TPSA) is 103 Å². The number of carbonyl (C=O) groups excluding carboxylic acids is 1. The molecule has 0 unspecified atom stereocenters. The molecule has 0 saturated heterocycles. The summed E-state index contributed by atoms with van der Waals surface area (Å²) in [5, 5.41) is 3.82. The van der Waals surface area contributed by atoms with Gasteiger partial charge in [0.25, 0.3) is 10.0 Å². The Balaban J connectivity index is 2.31. The van der Waals surface area contributed by atoms with Gasteiger partial charge in [0.05, 0.1) is 25.3 Å². The summed E-state index contributed by atoms with van der Waals surface area (Å²) >= 11 is 0. The Labute approximate surface area is 164 Å². The Kier molecular flexibility index (Phi) is 6.63. The van der Waals surface area contributed by atoms with Crippen LogP contribution in [0.4, 0.5) is 0 Å². The minimum absolute atomic E-state index is 0.130. The van der Waals surface area contributed by atoms with E-state index in [4.69, 9.17) is 14.2 Å². The summed E-state index contributed by atoms with van der Waals surface area (Å²) in [4.78, 5) is 13.6. The smallest absolute Gasteiger partial charge is 0.308 e. The number of methoxy groups -OCH3 is 2. The van der Waals surface area contributed by atoms with Gasteiger partial charge in [-0.1, -0.05) is 12.1 Å². The van der Waals surface area contributed by atoms with E-state index < -0.39 is 16.0 Å². The molecule has 0 bridgehead atoms. The molecule has 0 amide bonds. The van der Waals surface area contributed by atoms with E-state index in [0.29, 0.717) is 11.1 Å². The van der Waals surface area contributed by atoms with Crippen LogP contribution < -0.4 is 19.0 Å². The Bertz CT molecular complexity index is 990. The van der Waals surface area contributed by atoms with Gasteiger partial charge in [0, 0.05) is 12.5 Å². The number of hydrogen-bond acceptors (Lipinski definition) is 7. The molecule has 0 spiro atoms. The quantitative estimate of drug-likeness (QED) is 0.328. The maximum Gasteiger partial charge on any atom is 0.308 e. The van der Waals surface area contributed by atoms with Gasteiger partial charge in [0.1, 0.15) is 0 Å². The number of sulfonamides is 1. The van der Waals surface area contributed by atoms with Crippen LogP contribution in [0.15, 0.2) is 40.3 Å². The van der Waals surface area contributed by atoms with Crippen LogP contribution in [0, 0.1) is 13.8 Å². The van der Waals surface area contributed by atoms with E-state index in [1.54, 1.807) is 19.1 Å². The van der Waals surface area contributed by atoms with Gasteiger partial charge in [-0.25, -0.2) is 4.83 Å². The van der Waals surface area contributed by atoms with Crippen LogP contribution >= 0.6 is 0 Å². The van der Waals surface area contributed by atoms with Crippen molar-refractivity contribution in [1.82, 2.24) is 4.83 Å². The second-order valence-corrected chi connectivity index (χ2v) is 7.60. The molecule has 0 saturated carbocycles. The normalized spacial score (nSPS) is 11.3. The average molecular weight is 406 g/mol. The van der Waals surface area contributed by atoms with Gasteiger partial charge in [-0.15, -0.1) is 0 Å². The van der Waals surface area contributed by atoms with Crippen molar-refractivity contribution in [3.8, 4) is 17.2 Å². The minimum Gasteiger partial charge on any atom is -0.493 e. The molecule has 0 fully saturated rings. The molecule has 0 aromatic heterocycles. The van der Waals surface area contributed by atoms with Crippen molar-refractivity contribution >= 4 is 22.2 Å². The number of aryl methyl sites for hydroxylation is 2. The minimum atomic E-state index is -3.82. The lowest BCUT2D eigenvalue weighted by Crippen LogP contribution is -2.19. The zero-order valence-corrected chi connectivity index (χ0v) is 17.1. The van der Waals surface area contributed by atoms with Crippen LogP contribution in [0.3, 0.4) is 0 Å². The van der Waals surface area contributed by atoms with Crippen molar-refractivity contribution in [3.63, 3.8) is 0 Å². The van der Waals surface area contributed by atoms with E-state index in [1.165, 1.54) is 39.5 Å². The molecule has 1 N–H and O–H groups in total. The molecule has 0 aliphatic carbocycles. The largest absolute Gasteiger partial charge is 0.493 e. The number of rotatable bonds is 7. The van der Waals surface area contributed by atoms with Gasteiger partial charge in [0.2, 0.25) is 5.75 Å². The van der Waals surface area contributed by atoms with E-state index >= 15 is 0 Å². The monoisotopic (exact) mass is 406 g/mol. The van der Waals surface area contributed by atoms with Gasteiger partial charge < -0.3 is 14.2 Å². The standard InChI is InChI=1S/C19H22N2O6S/c1-12-6-7-13(2)18(8-12)28(23,24)21-20-11-15-9-16(25-4)19(27-14(3)22)17(10-15)26-5/h6-11,21H,1-5H3. The fourth-order valence-corrected chi connectivity index (χ4v) is 3.56. The summed E-state index contributed by atoms with van der Waals surface area (Å²) in [5.74, 6) is 0.0895. The lowest BCUT2D eigenvalue weighted by molar-refractivity contribution is -0.132. The molecule has 0 heterocycles. The van der Waals surface area contributed by atoms with Crippen molar-refractivity contribution in [1.29, 1.82) is 0 Å². The zero-order valence-electron chi connectivity index (χ0n) is 16.3. The first-order valence-corrected chi connectivity index (χ1v) is 9.73. The highest BCUT2D eigenvalue weighted by Gasteiger charge is 2.17. The predicted octanol–water partition coefficient (Wildman–Crippen LogP) is 2.56. The highest BCUT2D eigenvalue weighted by Crippen LogP contribution is 2.38. The van der Waals surface area contributed by atoms with Crippen molar-refractivity contribution in [2.24, 2.45) is 5.10 Å². The Morgan fingerprint density at radius 2 is 1.68 bits per heavy atom. The molecule has 2 rings (SSSR count). The number of nitrogens with one attached hydrogen (secondary N) is 1. The van der Waals surface area contributed by atoms with E-state index in [0.717, 1.165) is 5.56 Å². The van der Waals surface area contributed by atoms with Crippen LogP contribution in [-0.2, 0) is 14.8 Å². The molecule has 2 aromatic carbocycles. The number of hydrazone groups is 1. The lowest BCUT2D eigenvalue weighted by atomic mass is 10.2. The molecule has 8 nitrogen and oxygen atoms in total. The first kappa shape index (κ1) is 21.2. The first-order chi connectivity index (χ1) is 13.2. The molecule has 28 heavy (non-hydrogen) atoms. The van der Waals surface area contributed by atoms with E-state index in [2.05, 4.69) is 9.93 Å². The van der Waals surface area contributed by atoms with Crippen LogP contribution in [0.5, 0.6) is 17.2 Å². The summed E-state index contributed by atoms with van der Waals surface area (Å²) in [6, 6.07) is 8.22. The Morgan fingerprint density at radius 1 is 1.07 bits per heavy atom. The SMILES string of the molecule is COc1cc(C=NNS(=O)(=O)c2cc(C)ccc2C)cc(OC)c1OC(C)=O. The number of hydrogen-bond donors (Lipinski definition) is 1. The van der Waals surface area contributed by atoms with Crippen molar-refractivity contribution in [3.05, 3.63) is 47.0 Å². The number of esters is 1. The van der Waals surface area contributed by atoms with Crippen LogP contribution in [0.25, 0.3) is 0 Å². The van der Waals surface area contributed by atoms with E-state index in [9.17, 15) is 13.2 Å². The van der Waals surface area contributed by atoms with Gasteiger partial charge in [0.15, 0.2) is 11.5 Å². The third kappa shape index (κ3) is 5.01. The number of nitrogens with zero attached hydrogens (tertiary/aromatic N) is 1. The third-order valence-corrected chi connectivity index (χ3v) is 5.11. The molecule has 9 heteroatoms. The second kappa shape index (κ2) is 8.75. The predicted molar refractivity (Wildman–Crippen MR) is 105 cm³/mol. The van der Waals surface area contributed by atoms with Gasteiger partial charge in [-0.2, -0.15) is 13.5 Å². The molecule has 0 atom stereocenters. The first-order valence-electron chi connectivity index (χ1n) is 8.24. The zero-order chi connectivity index (χ0) is 20.9. The molecule has 150 valence electrons. The molecular weight excluding hydrogens is 384 g/mol. The van der Waals surface area contributed by atoms with E-state index in [1.807, 2.05) is 13.0 Å². The average Bonchev–Trinajstić information content (AvgIpc) is 2.63. The highest BCUT2D eigenvalue weighted by atomic mass is 32.2. The fraction of sp³-hybridized carbons (Fsp3) is 0.263. The number of benzene rings is 2.